The Balaban J connectivity index is 0.000000115. The van der Waals surface area contributed by atoms with Gasteiger partial charge >= 0.3 is 0 Å². The molecule has 65 heavy (non-hydrogen) atoms. The minimum absolute atomic E-state index is 0.0389. The van der Waals surface area contributed by atoms with Gasteiger partial charge in [-0.2, -0.15) is 0 Å². The van der Waals surface area contributed by atoms with Gasteiger partial charge in [0.25, 0.3) is 0 Å². The van der Waals surface area contributed by atoms with Crippen molar-refractivity contribution in [3.05, 3.63) is 95.7 Å². The third-order valence-corrected chi connectivity index (χ3v) is 22.2. The van der Waals surface area contributed by atoms with E-state index in [4.69, 9.17) is 0 Å². The van der Waals surface area contributed by atoms with Crippen molar-refractivity contribution in [2.24, 2.45) is 85.8 Å². The Kier molecular flexibility index (Phi) is 10.8. The highest BCUT2D eigenvalue weighted by atomic mass is 16.3. The van der Waals surface area contributed by atoms with Crippen LogP contribution in [0.5, 0.6) is 0 Å². The second-order valence-corrected chi connectivity index (χ2v) is 24.8. The minimum atomic E-state index is -0.139. The summed E-state index contributed by atoms with van der Waals surface area (Å²) in [7, 11) is 0. The Bertz CT molecular complexity index is 2320. The van der Waals surface area contributed by atoms with Gasteiger partial charge in [-0.15, -0.1) is 0 Å². The molecule has 0 aromatic heterocycles. The maximum absolute atomic E-state index is 12.4. The first kappa shape index (κ1) is 45.3. The molecule has 12 aliphatic carbocycles. The first-order chi connectivity index (χ1) is 30.7. The van der Waals surface area contributed by atoms with Crippen molar-refractivity contribution in [2.75, 3.05) is 0 Å². The maximum atomic E-state index is 12.4. The minimum Gasteiger partial charge on any atom is -0.393 e. The monoisotopic (exact) mass is 881 g/mol. The summed E-state index contributed by atoms with van der Waals surface area (Å²) < 4.78 is 0. The van der Waals surface area contributed by atoms with Gasteiger partial charge in [0, 0.05) is 28.1 Å². The van der Waals surface area contributed by atoms with E-state index in [1.807, 2.05) is 12.2 Å². The predicted molar refractivity (Wildman–Crippen MR) is 256 cm³/mol. The number of aliphatic hydroxyl groups is 2. The molecule has 0 bridgehead atoms. The Hall–Kier alpha value is -3.48. The fraction of sp³-hybridized carbons (Fsp3) is 0.661. The topological polar surface area (TPSA) is 109 Å². The number of hydrogen-bond acceptors (Lipinski definition) is 6. The van der Waals surface area contributed by atoms with Crippen molar-refractivity contribution >= 4 is 23.1 Å². The largest absolute Gasteiger partial charge is 0.393 e. The molecular weight excluding hydrogens is 805 g/mol. The van der Waals surface area contributed by atoms with Crippen molar-refractivity contribution in [2.45, 2.75) is 156 Å². The molecule has 0 aliphatic heterocycles. The van der Waals surface area contributed by atoms with Crippen LogP contribution in [-0.2, 0) is 19.2 Å². The number of aliphatic hydroxyl groups excluding tert-OH is 2. The molecule has 10 unspecified atom stereocenters. The zero-order valence-corrected chi connectivity index (χ0v) is 40.3. The van der Waals surface area contributed by atoms with Crippen molar-refractivity contribution in [1.82, 2.24) is 0 Å². The average molecular weight is 881 g/mol. The van der Waals surface area contributed by atoms with Crippen LogP contribution in [0, 0.1) is 85.8 Å². The molecule has 0 radical (unpaired) electrons. The maximum Gasteiger partial charge on any atom is 0.178 e. The molecular formula is C59H76O6. The van der Waals surface area contributed by atoms with E-state index >= 15 is 0 Å². The number of fused-ring (bicyclic) bond motifs is 15. The van der Waals surface area contributed by atoms with E-state index in [9.17, 15) is 29.4 Å². The highest BCUT2D eigenvalue weighted by molar-refractivity contribution is 6.03. The van der Waals surface area contributed by atoms with Crippen molar-refractivity contribution in [3.63, 3.8) is 0 Å². The second kappa shape index (κ2) is 15.5. The Morgan fingerprint density at radius 1 is 0.477 bits per heavy atom. The molecule has 0 saturated heterocycles. The van der Waals surface area contributed by atoms with E-state index < -0.39 is 0 Å². The Morgan fingerprint density at radius 2 is 0.923 bits per heavy atom. The van der Waals surface area contributed by atoms with Crippen LogP contribution in [0.4, 0.5) is 0 Å². The molecule has 12 rings (SSSR count). The van der Waals surface area contributed by atoms with Crippen LogP contribution in [0.2, 0.25) is 0 Å². The molecule has 0 heterocycles. The normalized spacial score (nSPS) is 49.7. The number of ketones is 4. The average Bonchev–Trinajstić information content (AvgIpc) is 3.87. The fourth-order valence-corrected chi connectivity index (χ4v) is 18.3. The standard InChI is InChI=1S/C20H26O2.C20H24O2.C19H26O2/c2*1-12-10-14-15-4-5-18(22)20(15,3)9-7-16(14)19(2)8-6-13(21)11-17(12)19;1-18-9-7-13(20)11-12(18)3-4-14-15-5-6-17(21)19(15,2)10-8-16(14)18/h6,8,11,14-16,18,22H,1,4-5,7,9-10H2,2-3H3;6,8,11,14-16H,1,4-5,7,9-10H2,2-3H3;7,9,11,14-17,21H,3-6,8,10H2,1-2H3/t14?,15?,16?,18?,19-,20+;14?,15?,16?,19-,20+;14?,15?,16?,17-,18-,19-/m110/s1. The van der Waals surface area contributed by atoms with E-state index in [0.717, 1.165) is 106 Å². The van der Waals surface area contributed by atoms with Gasteiger partial charge in [-0.05, 0) is 208 Å². The van der Waals surface area contributed by atoms with Gasteiger partial charge in [0.2, 0.25) is 0 Å². The van der Waals surface area contributed by atoms with Crippen LogP contribution < -0.4 is 0 Å². The number of carbonyl (C=O) groups excluding carboxylic acids is 4. The smallest absolute Gasteiger partial charge is 0.178 e. The zero-order chi connectivity index (χ0) is 46.2. The fourth-order valence-electron chi connectivity index (χ4n) is 18.3. The van der Waals surface area contributed by atoms with Gasteiger partial charge in [0.15, 0.2) is 17.3 Å². The van der Waals surface area contributed by atoms with Crippen molar-refractivity contribution in [1.29, 1.82) is 0 Å². The van der Waals surface area contributed by atoms with Crippen molar-refractivity contribution in [3.8, 4) is 0 Å². The van der Waals surface area contributed by atoms with E-state index in [1.165, 1.54) is 30.4 Å². The molecule has 0 aromatic rings. The van der Waals surface area contributed by atoms with Crippen LogP contribution in [0.15, 0.2) is 95.7 Å². The lowest BCUT2D eigenvalue weighted by atomic mass is 9.47. The third-order valence-electron chi connectivity index (χ3n) is 22.2. The number of rotatable bonds is 0. The molecule has 17 atom stereocenters. The molecule has 2 N–H and O–H groups in total. The molecule has 6 nitrogen and oxygen atoms in total. The van der Waals surface area contributed by atoms with Gasteiger partial charge in [-0.25, -0.2) is 0 Å². The first-order valence-corrected chi connectivity index (χ1v) is 25.8. The molecule has 0 aromatic carbocycles. The summed E-state index contributed by atoms with van der Waals surface area (Å²) in [4.78, 5) is 47.7. The predicted octanol–water partition coefficient (Wildman–Crippen LogP) is 11.5. The molecule has 0 amide bonds. The number of allylic oxidation sites excluding steroid dienone is 14. The summed E-state index contributed by atoms with van der Waals surface area (Å²) in [6, 6.07) is 0. The van der Waals surface area contributed by atoms with E-state index in [-0.39, 0.29) is 62.0 Å². The van der Waals surface area contributed by atoms with E-state index in [2.05, 4.69) is 72.9 Å². The van der Waals surface area contributed by atoms with E-state index in [1.54, 1.807) is 24.3 Å². The van der Waals surface area contributed by atoms with E-state index in [0.29, 0.717) is 53.1 Å². The number of hydrogen-bond donors (Lipinski definition) is 2. The van der Waals surface area contributed by atoms with Crippen LogP contribution in [0.25, 0.3) is 0 Å². The Morgan fingerprint density at radius 3 is 1.46 bits per heavy atom. The molecule has 9 saturated carbocycles. The Labute approximate surface area is 389 Å². The SMILES string of the molecule is C=C1CC2C(CC[C@]3(C)C(=O)CCC23)[C@@]2(C)C=CC(=O)C=C12.C=C1CC2C3CCC(O)[C@@]3(C)CCC2[C@@]2(C)C=CC(=O)C=C12.C[C@]12C=CC(=O)C=C1CCC1C2CC[C@@]2(C)C1CC[C@@H]2O. The van der Waals surface area contributed by atoms with Crippen LogP contribution in [-0.4, -0.2) is 45.6 Å². The molecule has 12 aliphatic rings. The quantitative estimate of drug-likeness (QED) is 0.251. The summed E-state index contributed by atoms with van der Waals surface area (Å²) in [5.74, 6) is 6.24. The lowest BCUT2D eigenvalue weighted by Gasteiger charge is -2.57. The summed E-state index contributed by atoms with van der Waals surface area (Å²) in [6.45, 7) is 22.3. The zero-order valence-electron chi connectivity index (χ0n) is 40.3. The van der Waals surface area contributed by atoms with Gasteiger partial charge in [0.05, 0.1) is 12.2 Å². The summed E-state index contributed by atoms with van der Waals surface area (Å²) in [5, 5.41) is 20.9. The lowest BCUT2D eigenvalue weighted by Crippen LogP contribution is -2.50. The summed E-state index contributed by atoms with van der Waals surface area (Å²) >= 11 is 0. The van der Waals surface area contributed by atoms with Crippen LogP contribution >= 0.6 is 0 Å². The number of Topliss-reactive ketones (excluding diaryl/α,β-unsaturated/α-hetero) is 1. The molecule has 0 spiro atoms. The van der Waals surface area contributed by atoms with Crippen molar-refractivity contribution < 1.29 is 29.4 Å². The van der Waals surface area contributed by atoms with Gasteiger partial charge in [0.1, 0.15) is 5.78 Å². The highest BCUT2D eigenvalue weighted by Gasteiger charge is 2.62. The first-order valence-electron chi connectivity index (χ1n) is 25.8. The second-order valence-electron chi connectivity index (χ2n) is 24.8. The lowest BCUT2D eigenvalue weighted by molar-refractivity contribution is -0.131. The number of carbonyl (C=O) groups is 4. The van der Waals surface area contributed by atoms with Crippen LogP contribution in [0.3, 0.4) is 0 Å². The van der Waals surface area contributed by atoms with Crippen LogP contribution in [0.1, 0.15) is 144 Å². The molecule has 6 heteroatoms. The van der Waals surface area contributed by atoms with Gasteiger partial charge in [-0.3, -0.25) is 19.2 Å². The molecule has 9 fully saturated rings. The van der Waals surface area contributed by atoms with Gasteiger partial charge < -0.3 is 10.2 Å². The van der Waals surface area contributed by atoms with Gasteiger partial charge in [-0.1, -0.05) is 89.6 Å². The third kappa shape index (κ3) is 6.65. The summed E-state index contributed by atoms with van der Waals surface area (Å²) in [5.41, 5.74) is 6.05. The summed E-state index contributed by atoms with van der Waals surface area (Å²) in [6.07, 6.45) is 34.0. The highest BCUT2D eigenvalue weighted by Crippen LogP contribution is 2.68. The molecule has 348 valence electrons.